The highest BCUT2D eigenvalue weighted by molar-refractivity contribution is 5.87. The van der Waals surface area contributed by atoms with Gasteiger partial charge in [-0.1, -0.05) is 6.42 Å². The maximum atomic E-state index is 13.5. The normalized spacial score (nSPS) is 14.6. The summed E-state index contributed by atoms with van der Waals surface area (Å²) in [5.74, 6) is -42.1. The van der Waals surface area contributed by atoms with Gasteiger partial charge in [-0.25, -0.2) is 0 Å². The summed E-state index contributed by atoms with van der Waals surface area (Å²) in [6.45, 7) is 0. The summed E-state index contributed by atoms with van der Waals surface area (Å²) < 4.78 is 172. The van der Waals surface area contributed by atoms with Crippen molar-refractivity contribution in [1.29, 1.82) is 0 Å². The molecule has 0 rings (SSSR count). The molecule has 0 aromatic heterocycles. The molecule has 0 atom stereocenters. The first-order chi connectivity index (χ1) is 13.1. The first-order valence-corrected chi connectivity index (χ1v) is 7.68. The smallest absolute Gasteiger partial charge is 0.460 e. The Labute approximate surface area is 159 Å². The SMILES string of the molecule is COC(=O)CCCCCC(=O)C(F)(F)C(F)(F)C(F)(F)C(F)(F)C(F)(F)C(F)(F)F. The number of methoxy groups -OCH3 is 1. The highest BCUT2D eigenvalue weighted by atomic mass is 19.4. The number of alkyl halides is 13. The van der Waals surface area contributed by atoms with Gasteiger partial charge in [0, 0.05) is 12.8 Å². The van der Waals surface area contributed by atoms with Crippen molar-refractivity contribution < 1.29 is 71.4 Å². The number of carbonyl (C=O) groups is 2. The Morgan fingerprint density at radius 3 is 1.40 bits per heavy atom. The average Bonchev–Trinajstić information content (AvgIpc) is 2.59. The molecule has 16 heteroatoms. The number of unbranched alkanes of at least 4 members (excludes halogenated alkanes) is 2. The highest BCUT2D eigenvalue weighted by Crippen LogP contribution is 2.60. The van der Waals surface area contributed by atoms with Crippen molar-refractivity contribution in [1.82, 2.24) is 0 Å². The number of ether oxygens (including phenoxy) is 1. The molecule has 0 saturated heterocycles. The van der Waals surface area contributed by atoms with E-state index in [4.69, 9.17) is 0 Å². The van der Waals surface area contributed by atoms with Gasteiger partial charge in [-0.05, 0) is 12.8 Å². The predicted molar refractivity (Wildman–Crippen MR) is 70.9 cm³/mol. The van der Waals surface area contributed by atoms with E-state index in [2.05, 4.69) is 4.74 Å². The number of halogens is 13. The van der Waals surface area contributed by atoms with Crippen LogP contribution in [0.5, 0.6) is 0 Å². The molecular formula is C14H13F13O3. The molecule has 0 heterocycles. The summed E-state index contributed by atoms with van der Waals surface area (Å²) in [4.78, 5) is 21.9. The maximum absolute atomic E-state index is 13.5. The second kappa shape index (κ2) is 8.77. The van der Waals surface area contributed by atoms with Crippen LogP contribution in [0.25, 0.3) is 0 Å². The number of rotatable bonds is 11. The first kappa shape index (κ1) is 28.2. The fraction of sp³-hybridized carbons (Fsp3) is 0.857. The van der Waals surface area contributed by atoms with Crippen molar-refractivity contribution in [2.75, 3.05) is 7.11 Å². The van der Waals surface area contributed by atoms with Crippen molar-refractivity contribution in [2.45, 2.75) is 67.9 Å². The molecule has 0 aromatic rings. The standard InChI is InChI=1S/C14H13F13O3/c1-30-8(29)6-4-2-3-5-7(28)9(15,16)10(17,18)11(19,20)12(21,22)13(23,24)14(25,26)27/h2-6H2,1H3. The van der Waals surface area contributed by atoms with Gasteiger partial charge in [0.2, 0.25) is 5.78 Å². The zero-order valence-electron chi connectivity index (χ0n) is 14.7. The molecule has 0 unspecified atom stereocenters. The summed E-state index contributed by atoms with van der Waals surface area (Å²) in [5.41, 5.74) is 0. The molecule has 178 valence electrons. The fourth-order valence-corrected chi connectivity index (χ4v) is 1.94. The Morgan fingerprint density at radius 2 is 1.00 bits per heavy atom. The summed E-state index contributed by atoms with van der Waals surface area (Å²) in [7, 11) is 0.979. The van der Waals surface area contributed by atoms with Crippen molar-refractivity contribution >= 4 is 11.8 Å². The van der Waals surface area contributed by atoms with Crippen LogP contribution in [0.4, 0.5) is 57.1 Å². The minimum Gasteiger partial charge on any atom is -0.469 e. The highest BCUT2D eigenvalue weighted by Gasteiger charge is 2.91. The minimum absolute atomic E-state index is 0.145. The van der Waals surface area contributed by atoms with Crippen LogP contribution in [-0.2, 0) is 14.3 Å². The van der Waals surface area contributed by atoms with E-state index in [1.807, 2.05) is 0 Å². The summed E-state index contributed by atoms with van der Waals surface area (Å²) in [6.07, 6.45) is -10.7. The molecule has 0 aromatic carbocycles. The Kier molecular flexibility index (Phi) is 8.25. The topological polar surface area (TPSA) is 43.4 Å². The Bertz CT molecular complexity index is 625. The largest absolute Gasteiger partial charge is 0.469 e. The van der Waals surface area contributed by atoms with Crippen LogP contribution in [0, 0.1) is 0 Å². The molecule has 0 radical (unpaired) electrons. The Morgan fingerprint density at radius 1 is 0.600 bits per heavy atom. The quantitative estimate of drug-likeness (QED) is 0.227. The van der Waals surface area contributed by atoms with E-state index in [9.17, 15) is 66.7 Å². The van der Waals surface area contributed by atoms with Crippen LogP contribution in [0.2, 0.25) is 0 Å². The van der Waals surface area contributed by atoms with Gasteiger partial charge in [0.25, 0.3) is 0 Å². The van der Waals surface area contributed by atoms with E-state index in [-0.39, 0.29) is 19.3 Å². The van der Waals surface area contributed by atoms with E-state index in [1.54, 1.807) is 0 Å². The van der Waals surface area contributed by atoms with E-state index in [0.717, 1.165) is 7.11 Å². The molecule has 3 nitrogen and oxygen atoms in total. The van der Waals surface area contributed by atoms with Crippen LogP contribution >= 0.6 is 0 Å². The van der Waals surface area contributed by atoms with E-state index in [0.29, 0.717) is 0 Å². The number of hydrogen-bond donors (Lipinski definition) is 0. The molecule has 0 amide bonds. The number of ketones is 1. The molecule has 0 spiro atoms. The summed E-state index contributed by atoms with van der Waals surface area (Å²) in [6, 6.07) is 0. The zero-order valence-corrected chi connectivity index (χ0v) is 14.7. The molecule has 0 aliphatic rings. The van der Waals surface area contributed by atoms with Gasteiger partial charge in [-0.3, -0.25) is 9.59 Å². The van der Waals surface area contributed by atoms with Gasteiger partial charge in [-0.15, -0.1) is 0 Å². The van der Waals surface area contributed by atoms with Gasteiger partial charge < -0.3 is 4.74 Å². The second-order valence-electron chi connectivity index (χ2n) is 5.93. The number of carbonyl (C=O) groups excluding carboxylic acids is 2. The second-order valence-corrected chi connectivity index (χ2v) is 5.93. The van der Waals surface area contributed by atoms with E-state index in [1.165, 1.54) is 0 Å². The van der Waals surface area contributed by atoms with Gasteiger partial charge in [0.1, 0.15) is 0 Å². The van der Waals surface area contributed by atoms with Gasteiger partial charge in [0.15, 0.2) is 0 Å². The Hall–Kier alpha value is -1.77. The molecule has 0 aliphatic heterocycles. The third-order valence-corrected chi connectivity index (χ3v) is 3.80. The van der Waals surface area contributed by atoms with Gasteiger partial charge in [-0.2, -0.15) is 57.1 Å². The third kappa shape index (κ3) is 4.76. The number of hydrogen-bond acceptors (Lipinski definition) is 3. The van der Waals surface area contributed by atoms with Gasteiger partial charge in [0.05, 0.1) is 7.11 Å². The van der Waals surface area contributed by atoms with Gasteiger partial charge >= 0.3 is 41.8 Å². The summed E-state index contributed by atoms with van der Waals surface area (Å²) in [5, 5.41) is 0. The fourth-order valence-electron chi connectivity index (χ4n) is 1.94. The van der Waals surface area contributed by atoms with Crippen molar-refractivity contribution in [3.8, 4) is 0 Å². The zero-order chi connectivity index (χ0) is 24.4. The first-order valence-electron chi connectivity index (χ1n) is 7.68. The predicted octanol–water partition coefficient (Wildman–Crippen LogP) is 5.42. The summed E-state index contributed by atoms with van der Waals surface area (Å²) >= 11 is 0. The van der Waals surface area contributed by atoms with E-state index >= 15 is 0 Å². The molecule has 0 bridgehead atoms. The monoisotopic (exact) mass is 476 g/mol. The Balaban J connectivity index is 5.59. The molecule has 0 saturated carbocycles. The van der Waals surface area contributed by atoms with Crippen molar-refractivity contribution in [3.05, 3.63) is 0 Å². The van der Waals surface area contributed by atoms with Crippen LogP contribution in [0.15, 0.2) is 0 Å². The lowest BCUT2D eigenvalue weighted by molar-refractivity contribution is -0.436. The maximum Gasteiger partial charge on any atom is 0.460 e. The van der Waals surface area contributed by atoms with Crippen LogP contribution in [0.1, 0.15) is 32.1 Å². The molecule has 0 N–H and O–H groups in total. The molecular weight excluding hydrogens is 463 g/mol. The van der Waals surface area contributed by atoms with E-state index < -0.39 is 60.4 Å². The lowest BCUT2D eigenvalue weighted by atomic mass is 9.91. The third-order valence-electron chi connectivity index (χ3n) is 3.80. The van der Waals surface area contributed by atoms with Crippen LogP contribution < -0.4 is 0 Å². The van der Waals surface area contributed by atoms with Crippen molar-refractivity contribution in [3.63, 3.8) is 0 Å². The lowest BCUT2D eigenvalue weighted by Gasteiger charge is -2.39. The minimum atomic E-state index is -8.04. The lowest BCUT2D eigenvalue weighted by Crippen LogP contribution is -2.71. The van der Waals surface area contributed by atoms with Crippen LogP contribution in [0.3, 0.4) is 0 Å². The number of esters is 1. The van der Waals surface area contributed by atoms with Crippen molar-refractivity contribution in [2.24, 2.45) is 0 Å². The molecule has 30 heavy (non-hydrogen) atoms. The van der Waals surface area contributed by atoms with Crippen LogP contribution in [-0.4, -0.2) is 54.7 Å². The average molecular weight is 476 g/mol. The molecule has 0 fully saturated rings. The molecule has 0 aliphatic carbocycles. The number of Topliss-reactive ketones (excluding diaryl/α,β-unsaturated/α-hetero) is 1.